The lowest BCUT2D eigenvalue weighted by atomic mass is 9.85. The second-order valence-electron chi connectivity index (χ2n) is 21.8. The third kappa shape index (κ3) is 14.4. The fourth-order valence-corrected chi connectivity index (χ4v) is 12.3. The van der Waals surface area contributed by atoms with Crippen molar-refractivity contribution in [1.82, 2.24) is 36.8 Å². The minimum absolute atomic E-state index is 0.0850. The molecule has 5 aromatic rings. The van der Waals surface area contributed by atoms with Gasteiger partial charge in [-0.1, -0.05) is 74.8 Å². The van der Waals surface area contributed by atoms with Crippen LogP contribution in [0.15, 0.2) is 102 Å². The van der Waals surface area contributed by atoms with Crippen LogP contribution in [0, 0.1) is 12.3 Å². The number of aliphatic hydroxyl groups is 1. The summed E-state index contributed by atoms with van der Waals surface area (Å²) in [5.41, 5.74) is 11.4. The van der Waals surface area contributed by atoms with Gasteiger partial charge >= 0.3 is 0 Å². The molecule has 0 radical (unpaired) electrons. The van der Waals surface area contributed by atoms with Crippen LogP contribution in [-0.4, -0.2) is 131 Å². The molecule has 0 unspecified atom stereocenters. The third-order valence-electron chi connectivity index (χ3n) is 14.6. The molecule has 0 aliphatic carbocycles. The van der Waals surface area contributed by atoms with Gasteiger partial charge in [0.2, 0.25) is 47.3 Å². The number of halogens is 1. The minimum atomic E-state index is -1.55. The number of anilines is 2. The maximum absolute atomic E-state index is 14.4. The number of nitrogens with one attached hydrogen (secondary N) is 7. The molecule has 2 fully saturated rings. The molecule has 0 bridgehead atoms. The molecule has 4 heterocycles. The van der Waals surface area contributed by atoms with Gasteiger partial charge < -0.3 is 57.9 Å². The molecule has 0 saturated carbocycles. The largest absolute Gasteiger partial charge is 0.391 e. The van der Waals surface area contributed by atoms with E-state index in [1.165, 1.54) is 23.2 Å². The highest BCUT2D eigenvalue weighted by Gasteiger charge is 2.45. The number of benzene rings is 4. The number of hydrogen-bond donors (Lipinski definition) is 9. The Morgan fingerprint density at radius 1 is 0.805 bits per heavy atom. The maximum atomic E-state index is 14.4. The summed E-state index contributed by atoms with van der Waals surface area (Å²) in [6, 6.07) is 21.7. The summed E-state index contributed by atoms with van der Waals surface area (Å²) in [4.78, 5) is 128. The second-order valence-corrected chi connectivity index (χ2v) is 24.2. The standard InChI is InChI=1S/C59H67ClN10O10S2/c1-31-21-22-82-51(31)36-11-9-35(10-12-36)50-57(79)63-27-48(73)65-44(55(77)66-45(53(61)75)29-81-30-49(74)67-52(59(4,5)6)58(80)69-28-41(72)25-47(69)56(78)68-50)26-62-54(76)37-13-7-34(8-14-37)38-15-20-46-42(24-38)43(23-32(2)70(46)33(3)71)64-40-18-16-39(60)17-19-40/h7-22,24,32,41,43-45,47,50,52,64,72H,23,25-30H2,1-6H3,(H2,61,75)(H,62,76)(H,63,79)(H,65,73)(H,66,77)(H,67,74)(H,68,78)/t32-,41+,43+,44+,45+,47-,50+,52+/m0/s1. The molecular formula is C59H67ClN10O10S2. The Labute approximate surface area is 488 Å². The summed E-state index contributed by atoms with van der Waals surface area (Å²) >= 11 is 8.62. The van der Waals surface area contributed by atoms with Crippen molar-refractivity contribution in [3.05, 3.63) is 130 Å². The molecule has 20 nitrogen and oxygen atoms in total. The van der Waals surface area contributed by atoms with Crippen molar-refractivity contribution in [3.63, 3.8) is 0 Å². The molecule has 3 aliphatic rings. The van der Waals surface area contributed by atoms with Gasteiger partial charge in [0.05, 0.1) is 24.4 Å². The van der Waals surface area contributed by atoms with E-state index >= 15 is 0 Å². The van der Waals surface area contributed by atoms with Gasteiger partial charge in [-0.2, -0.15) is 0 Å². The summed E-state index contributed by atoms with van der Waals surface area (Å²) in [7, 11) is 0. The minimum Gasteiger partial charge on any atom is -0.391 e. The first-order valence-electron chi connectivity index (χ1n) is 26.8. The van der Waals surface area contributed by atoms with Crippen LogP contribution < -0.4 is 47.9 Å². The topological polar surface area (TPSA) is 291 Å². The smallest absolute Gasteiger partial charge is 0.251 e. The zero-order valence-corrected chi connectivity index (χ0v) is 48.6. The van der Waals surface area contributed by atoms with E-state index in [1.807, 2.05) is 55.6 Å². The molecule has 4 aromatic carbocycles. The zero-order valence-electron chi connectivity index (χ0n) is 46.2. The number of fused-ring (bicyclic) bond motifs is 2. The Bertz CT molecular complexity index is 3240. The van der Waals surface area contributed by atoms with Crippen LogP contribution >= 0.6 is 34.7 Å². The van der Waals surface area contributed by atoms with Crippen LogP contribution in [0.4, 0.5) is 11.4 Å². The van der Waals surface area contributed by atoms with Crippen LogP contribution in [0.5, 0.6) is 0 Å². The highest BCUT2D eigenvalue weighted by atomic mass is 35.5. The number of aliphatic hydroxyl groups excluding tert-OH is 1. The molecule has 8 atom stereocenters. The summed E-state index contributed by atoms with van der Waals surface area (Å²) in [6.07, 6.45) is -0.655. The number of aryl methyl sites for hydroxylation is 1. The van der Waals surface area contributed by atoms with E-state index < -0.39 is 102 Å². The van der Waals surface area contributed by atoms with Crippen LogP contribution in [0.3, 0.4) is 0 Å². The molecular weight excluding hydrogens is 1110 g/mol. The van der Waals surface area contributed by atoms with Crippen molar-refractivity contribution in [2.24, 2.45) is 11.1 Å². The average Bonchev–Trinajstić information content (AvgIpc) is 4.03. The van der Waals surface area contributed by atoms with Crippen LogP contribution in [-0.2, 0) is 38.4 Å². The van der Waals surface area contributed by atoms with Crippen molar-refractivity contribution >= 4 is 99.2 Å². The Hall–Kier alpha value is -7.79. The predicted molar refractivity (Wildman–Crippen MR) is 316 cm³/mol. The molecule has 2 saturated heterocycles. The molecule has 10 N–H and O–H groups in total. The number of carbonyl (C=O) groups excluding carboxylic acids is 9. The average molecular weight is 1180 g/mol. The molecule has 432 valence electrons. The van der Waals surface area contributed by atoms with Gasteiger partial charge in [-0.05, 0) is 119 Å². The molecule has 0 spiro atoms. The van der Waals surface area contributed by atoms with Gasteiger partial charge in [-0.15, -0.1) is 23.1 Å². The van der Waals surface area contributed by atoms with Crippen LogP contribution in [0.1, 0.15) is 86.6 Å². The zero-order chi connectivity index (χ0) is 59.2. The van der Waals surface area contributed by atoms with Gasteiger partial charge in [-0.25, -0.2) is 0 Å². The number of rotatable bonds is 9. The molecule has 23 heteroatoms. The number of primary amides is 1. The summed E-state index contributed by atoms with van der Waals surface area (Å²) in [6.45, 7) is 9.19. The number of hydrogen-bond acceptors (Lipinski definition) is 13. The lowest BCUT2D eigenvalue weighted by molar-refractivity contribution is -0.144. The van der Waals surface area contributed by atoms with Gasteiger partial charge in [0.15, 0.2) is 0 Å². The number of thiophene rings is 1. The van der Waals surface area contributed by atoms with Crippen molar-refractivity contribution in [1.29, 1.82) is 0 Å². The number of nitrogens with zero attached hydrogens (tertiary/aromatic N) is 2. The van der Waals surface area contributed by atoms with Crippen molar-refractivity contribution < 1.29 is 48.3 Å². The fraction of sp³-hybridized carbons (Fsp3) is 0.373. The summed E-state index contributed by atoms with van der Waals surface area (Å²) in [5, 5.41) is 32.8. The highest BCUT2D eigenvalue weighted by Crippen LogP contribution is 2.41. The van der Waals surface area contributed by atoms with E-state index in [9.17, 15) is 48.3 Å². The maximum Gasteiger partial charge on any atom is 0.251 e. The number of thioether (sulfide) groups is 1. The lowest BCUT2D eigenvalue weighted by Crippen LogP contribution is -2.58. The summed E-state index contributed by atoms with van der Waals surface area (Å²) < 4.78 is 0. The number of carbonyl (C=O) groups is 9. The first-order valence-corrected chi connectivity index (χ1v) is 29.2. The van der Waals surface area contributed by atoms with Crippen molar-refractivity contribution in [3.8, 4) is 21.6 Å². The Balaban J connectivity index is 1.03. The molecule has 8 rings (SSSR count). The second kappa shape index (κ2) is 26.0. The van der Waals surface area contributed by atoms with Crippen molar-refractivity contribution in [2.75, 3.05) is 41.4 Å². The first kappa shape index (κ1) is 60.3. The van der Waals surface area contributed by atoms with Gasteiger partial charge in [-0.3, -0.25) is 43.2 Å². The summed E-state index contributed by atoms with van der Waals surface area (Å²) in [5.74, 6) is -6.91. The van der Waals surface area contributed by atoms with Gasteiger partial charge in [0.1, 0.15) is 30.2 Å². The number of amides is 9. The predicted octanol–water partition coefficient (Wildman–Crippen LogP) is 4.74. The lowest BCUT2D eigenvalue weighted by Gasteiger charge is -2.39. The monoisotopic (exact) mass is 1170 g/mol. The molecule has 3 aliphatic heterocycles. The number of nitrogens with two attached hydrogens (primary N) is 1. The molecule has 82 heavy (non-hydrogen) atoms. The molecule has 9 amide bonds. The van der Waals surface area contributed by atoms with E-state index in [0.29, 0.717) is 17.0 Å². The van der Waals surface area contributed by atoms with Crippen molar-refractivity contribution in [2.45, 2.75) is 103 Å². The van der Waals surface area contributed by atoms with Crippen LogP contribution in [0.2, 0.25) is 5.02 Å². The fourth-order valence-electron chi connectivity index (χ4n) is 10.3. The quantitative estimate of drug-likeness (QED) is 0.0968. The van der Waals surface area contributed by atoms with E-state index in [4.69, 9.17) is 17.3 Å². The first-order chi connectivity index (χ1) is 38.9. The van der Waals surface area contributed by atoms with Gasteiger partial charge in [0, 0.05) is 65.1 Å². The third-order valence-corrected chi connectivity index (χ3v) is 17.0. The molecule has 1 aromatic heterocycles. The van der Waals surface area contributed by atoms with Gasteiger partial charge in [0.25, 0.3) is 5.91 Å². The van der Waals surface area contributed by atoms with E-state index in [0.717, 1.165) is 55.8 Å². The Morgan fingerprint density at radius 2 is 1.49 bits per heavy atom. The van der Waals surface area contributed by atoms with E-state index in [2.05, 4.69) is 37.2 Å². The highest BCUT2D eigenvalue weighted by molar-refractivity contribution is 8.00. The Kier molecular flexibility index (Phi) is 19.1. The van der Waals surface area contributed by atoms with E-state index in [1.54, 1.807) is 86.3 Å². The normalized spacial score (nSPS) is 23.4. The van der Waals surface area contributed by atoms with Crippen LogP contribution in [0.25, 0.3) is 21.6 Å². The Morgan fingerprint density at radius 3 is 2.13 bits per heavy atom. The van der Waals surface area contributed by atoms with E-state index in [-0.39, 0.29) is 48.0 Å². The SMILES string of the molecule is CC(=O)N1c2ccc(-c3ccc(C(=O)NC[C@H]4NC(=O)CNC(=O)[C@@H](c5ccc(-c6sccc6C)cc5)NC(=O)[C@@H]5C[C@@H](O)CN5C(=O)[C@H](C(C)(C)C)NC(=O)CSC[C@H](C(N)=O)NC4=O)cc3)cc2[C@H](Nc2ccc(Cl)cc2)C[C@@H]1C.